The molecule has 0 spiro atoms. The number of benzene rings is 4. The number of amides is 2. The zero-order valence-corrected chi connectivity index (χ0v) is 50.3. The summed E-state index contributed by atoms with van der Waals surface area (Å²) in [4.78, 5) is 124. The van der Waals surface area contributed by atoms with Gasteiger partial charge in [0.25, 0.3) is 0 Å². The molecule has 4 aromatic carbocycles. The summed E-state index contributed by atoms with van der Waals surface area (Å²) < 4.78 is 52.5. The van der Waals surface area contributed by atoms with Gasteiger partial charge in [0.2, 0.25) is 12.6 Å². The fraction of sp³-hybridized carbons (Fsp3) is 0.414. The van der Waals surface area contributed by atoms with Crippen LogP contribution >= 0.6 is 24.8 Å². The van der Waals surface area contributed by atoms with Crippen LogP contribution in [0.15, 0.2) is 97.1 Å². The first kappa shape index (κ1) is 73.7. The number of hydrogen-bond donors (Lipinski definition) is 4. The summed E-state index contributed by atoms with van der Waals surface area (Å²) in [6.45, 7) is 15.7. The van der Waals surface area contributed by atoms with Gasteiger partial charge in [-0.15, -0.1) is 24.8 Å². The third-order valence-corrected chi connectivity index (χ3v) is 10.3. The number of carbonyl (C=O) groups is 10. The lowest BCUT2D eigenvalue weighted by Crippen LogP contribution is -2.45. The molecule has 84 heavy (non-hydrogen) atoms. The highest BCUT2D eigenvalue weighted by Crippen LogP contribution is 2.32. The molecule has 460 valence electrons. The van der Waals surface area contributed by atoms with Gasteiger partial charge in [0.15, 0.2) is 23.0 Å². The van der Waals surface area contributed by atoms with E-state index in [0.29, 0.717) is 11.1 Å². The first-order chi connectivity index (χ1) is 38.8. The van der Waals surface area contributed by atoms with Gasteiger partial charge in [0, 0.05) is 26.7 Å². The summed E-state index contributed by atoms with van der Waals surface area (Å²) >= 11 is 0. The minimum atomic E-state index is -1.23. The van der Waals surface area contributed by atoms with E-state index in [9.17, 15) is 47.9 Å². The van der Waals surface area contributed by atoms with E-state index < -0.39 is 109 Å². The molecule has 0 saturated carbocycles. The van der Waals surface area contributed by atoms with Crippen molar-refractivity contribution in [3.8, 4) is 23.0 Å². The average molecular weight is 1220 g/mol. The molecule has 0 aliphatic rings. The van der Waals surface area contributed by atoms with E-state index in [4.69, 9.17) is 47.4 Å². The van der Waals surface area contributed by atoms with Gasteiger partial charge >= 0.3 is 59.9 Å². The maximum Gasteiger partial charge on any atom is 0.410 e. The van der Waals surface area contributed by atoms with Crippen LogP contribution in [0.5, 0.6) is 23.0 Å². The SMILES string of the molecule is CNCC(=O)Oc1ccc(C[C@H](NC(=O)OC(C)OC(=O)C(C)C)C(=O)OC(C)C)cc1OC(=O)c1ccccc1.CNCC(=O)Oc1ccc(C[C@H](NC(=O)OC(C)OC(=O)C(C)C)C(=O)OC(C)C)cc1OC(=O)c1ccccc1.Cl.Cl. The van der Waals surface area contributed by atoms with Gasteiger partial charge in [-0.25, -0.2) is 28.8 Å². The lowest BCUT2D eigenvalue weighted by molar-refractivity contribution is -0.170. The van der Waals surface area contributed by atoms with Gasteiger partial charge in [0.05, 0.1) is 48.3 Å². The summed E-state index contributed by atoms with van der Waals surface area (Å²) in [7, 11) is 3.15. The van der Waals surface area contributed by atoms with Crippen molar-refractivity contribution in [2.24, 2.45) is 11.8 Å². The summed E-state index contributed by atoms with van der Waals surface area (Å²) in [5.74, 6) is -6.31. The molecule has 0 radical (unpaired) electrons. The smallest absolute Gasteiger partial charge is 0.410 e. The Bertz CT molecular complexity index is 2630. The van der Waals surface area contributed by atoms with Gasteiger partial charge < -0.3 is 68.6 Å². The van der Waals surface area contributed by atoms with E-state index in [2.05, 4.69) is 21.3 Å². The fourth-order valence-corrected chi connectivity index (χ4v) is 6.55. The van der Waals surface area contributed by atoms with Crippen LogP contribution in [0.25, 0.3) is 0 Å². The molecule has 4 rings (SSSR count). The van der Waals surface area contributed by atoms with Gasteiger partial charge in [-0.2, -0.15) is 0 Å². The number of likely N-dealkylation sites (N-methyl/N-ethyl adjacent to an activating group) is 2. The number of carbonyl (C=O) groups excluding carboxylic acids is 10. The highest BCUT2D eigenvalue weighted by molar-refractivity contribution is 5.92. The van der Waals surface area contributed by atoms with Crippen LogP contribution in [0.1, 0.15) is 101 Å². The summed E-state index contributed by atoms with van der Waals surface area (Å²) in [5.41, 5.74) is 1.39. The fourth-order valence-electron chi connectivity index (χ4n) is 6.55. The van der Waals surface area contributed by atoms with Crippen molar-refractivity contribution < 1.29 is 95.3 Å². The normalized spacial score (nSPS) is 11.9. The quantitative estimate of drug-likeness (QED) is 0.0209. The number of nitrogens with one attached hydrogen (secondary N) is 4. The Morgan fingerprint density at radius 2 is 0.726 bits per heavy atom. The van der Waals surface area contributed by atoms with E-state index in [0.717, 1.165) is 0 Å². The standard InChI is InChI=1S/2C29H36N2O10.2ClH/c2*1-17(2)26(33)38-19(5)39-29(36)31-22(28(35)37-18(3)4)14-20-12-13-23(40-25(32)16-30-6)24(15-20)41-27(34)21-10-8-7-9-11-21;;/h2*7-13,15,17-19,22,30H,14,16H2,1-6H3,(H,31,36);2*1H/t2*19?,22-;;/m00../s1. The minimum Gasteiger partial charge on any atom is -0.461 e. The molecule has 24 nitrogen and oxygen atoms in total. The maximum atomic E-state index is 12.8. The van der Waals surface area contributed by atoms with Crippen LogP contribution in [0.2, 0.25) is 0 Å². The van der Waals surface area contributed by atoms with Crippen molar-refractivity contribution in [3.05, 3.63) is 119 Å². The second kappa shape index (κ2) is 37.7. The Kier molecular flexibility index (Phi) is 33.1. The molecule has 0 aliphatic heterocycles. The number of ether oxygens (including phenoxy) is 10. The van der Waals surface area contributed by atoms with Crippen LogP contribution in [0.3, 0.4) is 0 Å². The number of alkyl carbamates (subject to hydrolysis) is 2. The third-order valence-electron chi connectivity index (χ3n) is 10.3. The average Bonchev–Trinajstić information content (AvgIpc) is 3.47. The van der Waals surface area contributed by atoms with E-state index in [1.54, 1.807) is 130 Å². The molecule has 0 bridgehead atoms. The van der Waals surface area contributed by atoms with E-state index >= 15 is 0 Å². The van der Waals surface area contributed by atoms with Crippen LogP contribution in [-0.2, 0) is 70.0 Å². The van der Waals surface area contributed by atoms with Gasteiger partial charge in [-0.05, 0) is 101 Å². The molecule has 26 heteroatoms. The number of esters is 8. The number of hydrogen-bond acceptors (Lipinski definition) is 22. The van der Waals surface area contributed by atoms with E-state index in [1.165, 1.54) is 50.2 Å². The Labute approximate surface area is 499 Å². The molecule has 0 aromatic heterocycles. The van der Waals surface area contributed by atoms with Gasteiger partial charge in [-0.3, -0.25) is 19.2 Å². The van der Waals surface area contributed by atoms with Crippen molar-refractivity contribution in [2.75, 3.05) is 27.2 Å². The van der Waals surface area contributed by atoms with E-state index in [-0.39, 0.29) is 84.9 Å². The lowest BCUT2D eigenvalue weighted by Gasteiger charge is -2.21. The monoisotopic (exact) mass is 1220 g/mol. The van der Waals surface area contributed by atoms with Crippen LogP contribution in [-0.4, -0.2) is 124 Å². The Balaban J connectivity index is 0.000000820. The van der Waals surface area contributed by atoms with E-state index in [1.807, 2.05) is 0 Å². The largest absolute Gasteiger partial charge is 0.461 e. The van der Waals surface area contributed by atoms with Crippen molar-refractivity contribution >= 4 is 84.8 Å². The summed E-state index contributed by atoms with van der Waals surface area (Å²) in [5, 5.41) is 10.2. The first-order valence-electron chi connectivity index (χ1n) is 26.1. The molecule has 2 unspecified atom stereocenters. The highest BCUT2D eigenvalue weighted by Gasteiger charge is 2.29. The zero-order valence-electron chi connectivity index (χ0n) is 48.7. The Morgan fingerprint density at radius 3 is 1.02 bits per heavy atom. The Morgan fingerprint density at radius 1 is 0.393 bits per heavy atom. The molecule has 0 heterocycles. The van der Waals surface area contributed by atoms with Gasteiger partial charge in [-0.1, -0.05) is 76.2 Å². The highest BCUT2D eigenvalue weighted by atomic mass is 35.5. The lowest BCUT2D eigenvalue weighted by atomic mass is 10.1. The van der Waals surface area contributed by atoms with Crippen LogP contribution in [0, 0.1) is 11.8 Å². The molecule has 2 amide bonds. The van der Waals surface area contributed by atoms with Crippen molar-refractivity contribution in [1.29, 1.82) is 0 Å². The number of halogens is 2. The second-order valence-corrected chi connectivity index (χ2v) is 19.0. The van der Waals surface area contributed by atoms with Crippen LogP contribution in [0.4, 0.5) is 9.59 Å². The molecule has 0 aliphatic carbocycles. The molecule has 0 saturated heterocycles. The molecule has 4 N–H and O–H groups in total. The summed E-state index contributed by atoms with van der Waals surface area (Å²) in [6, 6.07) is 22.7. The Hall–Kier alpha value is -8.32. The predicted molar refractivity (Wildman–Crippen MR) is 307 cm³/mol. The topological polar surface area (TPSA) is 311 Å². The second-order valence-electron chi connectivity index (χ2n) is 19.0. The molecule has 0 fully saturated rings. The summed E-state index contributed by atoms with van der Waals surface area (Å²) in [6.07, 6.45) is -5.64. The zero-order chi connectivity index (χ0) is 61.1. The first-order valence-corrected chi connectivity index (χ1v) is 26.1. The van der Waals surface area contributed by atoms with Crippen LogP contribution < -0.4 is 40.2 Å². The van der Waals surface area contributed by atoms with Crippen molar-refractivity contribution in [1.82, 2.24) is 21.3 Å². The number of rotatable bonds is 26. The molecular formula is C58H74Cl2N4O20. The molecular weight excluding hydrogens is 1140 g/mol. The third kappa shape index (κ3) is 27.2. The predicted octanol–water partition coefficient (Wildman–Crippen LogP) is 7.17. The van der Waals surface area contributed by atoms with Crippen molar-refractivity contribution in [3.63, 3.8) is 0 Å². The molecule has 4 aromatic rings. The molecule has 4 atom stereocenters. The maximum absolute atomic E-state index is 12.8. The minimum absolute atomic E-state index is 0. The van der Waals surface area contributed by atoms with Crippen molar-refractivity contribution in [2.45, 2.75) is 119 Å². The van der Waals surface area contributed by atoms with Gasteiger partial charge in [0.1, 0.15) is 12.1 Å².